The van der Waals surface area contributed by atoms with Gasteiger partial charge in [0, 0.05) is 37.5 Å². The normalized spacial score (nSPS) is 12.8. The van der Waals surface area contributed by atoms with E-state index < -0.39 is 0 Å². The van der Waals surface area contributed by atoms with Crippen molar-refractivity contribution in [1.29, 1.82) is 0 Å². The van der Waals surface area contributed by atoms with E-state index >= 15 is 0 Å². The summed E-state index contributed by atoms with van der Waals surface area (Å²) >= 11 is 0. The van der Waals surface area contributed by atoms with Gasteiger partial charge in [-0.15, -0.1) is 0 Å². The van der Waals surface area contributed by atoms with E-state index in [2.05, 4.69) is 48.4 Å². The standard InChI is InChI=1S/C21H21N3O/c1-3-15-4-6-16(7-5-15)14-25-18-10-21-20(22-12-18)11-19(23-21)17-8-9-24(2)13-17/h4-10,12-13H,3,11,14H2,1-2H3. The average molecular weight is 331 g/mol. The number of benzene rings is 1. The Kier molecular flexibility index (Phi) is 4.10. The minimum Gasteiger partial charge on any atom is -0.487 e. The summed E-state index contributed by atoms with van der Waals surface area (Å²) in [6, 6.07) is 12.6. The summed E-state index contributed by atoms with van der Waals surface area (Å²) in [6.07, 6.45) is 7.74. The number of pyridine rings is 1. The quantitative estimate of drug-likeness (QED) is 0.701. The number of ether oxygens (including phenoxy) is 1. The second kappa shape index (κ2) is 6.55. The van der Waals surface area contributed by atoms with Crippen molar-refractivity contribution >= 4 is 11.4 Å². The second-order valence-electron chi connectivity index (χ2n) is 6.40. The van der Waals surface area contributed by atoms with E-state index in [1.54, 1.807) is 6.20 Å². The molecule has 0 aliphatic carbocycles. The zero-order valence-electron chi connectivity index (χ0n) is 14.6. The van der Waals surface area contributed by atoms with Crippen LogP contribution in [0.1, 0.15) is 29.3 Å². The molecular weight excluding hydrogens is 310 g/mol. The van der Waals surface area contributed by atoms with Crippen molar-refractivity contribution < 1.29 is 4.74 Å². The molecule has 1 aliphatic rings. The summed E-state index contributed by atoms with van der Waals surface area (Å²) < 4.78 is 7.93. The highest BCUT2D eigenvalue weighted by atomic mass is 16.5. The van der Waals surface area contributed by atoms with Gasteiger partial charge in [0.15, 0.2) is 0 Å². The van der Waals surface area contributed by atoms with Crippen molar-refractivity contribution in [2.45, 2.75) is 26.4 Å². The van der Waals surface area contributed by atoms with E-state index in [1.807, 2.05) is 23.9 Å². The fourth-order valence-electron chi connectivity index (χ4n) is 3.00. The third-order valence-electron chi connectivity index (χ3n) is 4.51. The number of aliphatic imine (C=N–C) groups is 1. The van der Waals surface area contributed by atoms with Crippen molar-refractivity contribution in [1.82, 2.24) is 9.55 Å². The van der Waals surface area contributed by atoms with Gasteiger partial charge < -0.3 is 9.30 Å². The summed E-state index contributed by atoms with van der Waals surface area (Å²) in [5.41, 5.74) is 6.64. The highest BCUT2D eigenvalue weighted by Crippen LogP contribution is 2.30. The fourth-order valence-corrected chi connectivity index (χ4v) is 3.00. The average Bonchev–Trinajstić information content (AvgIpc) is 3.25. The molecule has 3 heterocycles. The Morgan fingerprint density at radius 3 is 2.64 bits per heavy atom. The first kappa shape index (κ1) is 15.6. The van der Waals surface area contributed by atoms with Crippen molar-refractivity contribution in [3.05, 3.63) is 77.4 Å². The number of aryl methyl sites for hydroxylation is 2. The molecule has 0 bridgehead atoms. The highest BCUT2D eigenvalue weighted by Gasteiger charge is 2.18. The number of nitrogens with zero attached hydrogens (tertiary/aromatic N) is 3. The molecule has 2 aromatic heterocycles. The van der Waals surface area contributed by atoms with Gasteiger partial charge in [-0.1, -0.05) is 31.2 Å². The van der Waals surface area contributed by atoms with Gasteiger partial charge in [0.05, 0.1) is 23.3 Å². The lowest BCUT2D eigenvalue weighted by Gasteiger charge is -2.07. The van der Waals surface area contributed by atoms with E-state index in [-0.39, 0.29) is 0 Å². The fraction of sp³-hybridized carbons (Fsp3) is 0.238. The predicted molar refractivity (Wildman–Crippen MR) is 99.7 cm³/mol. The van der Waals surface area contributed by atoms with Crippen LogP contribution in [0.3, 0.4) is 0 Å². The maximum atomic E-state index is 5.90. The first-order chi connectivity index (χ1) is 12.2. The van der Waals surface area contributed by atoms with Gasteiger partial charge in [-0.3, -0.25) is 9.98 Å². The van der Waals surface area contributed by atoms with Crippen LogP contribution in [0, 0.1) is 0 Å². The van der Waals surface area contributed by atoms with Gasteiger partial charge in [0.25, 0.3) is 0 Å². The monoisotopic (exact) mass is 331 g/mol. The Hall–Kier alpha value is -2.88. The smallest absolute Gasteiger partial charge is 0.140 e. The lowest BCUT2D eigenvalue weighted by Crippen LogP contribution is -2.00. The molecular formula is C21H21N3O. The largest absolute Gasteiger partial charge is 0.487 e. The third kappa shape index (κ3) is 3.33. The van der Waals surface area contributed by atoms with Crippen LogP contribution >= 0.6 is 0 Å². The van der Waals surface area contributed by atoms with Crippen molar-refractivity contribution in [2.24, 2.45) is 12.0 Å². The van der Waals surface area contributed by atoms with Gasteiger partial charge in [-0.2, -0.15) is 0 Å². The van der Waals surface area contributed by atoms with Crippen LogP contribution in [0.4, 0.5) is 5.69 Å². The molecule has 0 fully saturated rings. The van der Waals surface area contributed by atoms with Crippen molar-refractivity contribution in [3.63, 3.8) is 0 Å². The van der Waals surface area contributed by atoms with Crippen LogP contribution < -0.4 is 4.74 Å². The molecule has 25 heavy (non-hydrogen) atoms. The molecule has 1 aliphatic heterocycles. The van der Waals surface area contributed by atoms with Gasteiger partial charge in [0.2, 0.25) is 0 Å². The van der Waals surface area contributed by atoms with Gasteiger partial charge >= 0.3 is 0 Å². The van der Waals surface area contributed by atoms with E-state index in [0.29, 0.717) is 6.61 Å². The topological polar surface area (TPSA) is 39.4 Å². The van der Waals surface area contributed by atoms with E-state index in [1.165, 1.54) is 5.56 Å². The molecule has 0 saturated heterocycles. The van der Waals surface area contributed by atoms with Crippen LogP contribution in [0.5, 0.6) is 5.75 Å². The molecule has 0 saturated carbocycles. The number of hydrogen-bond acceptors (Lipinski definition) is 3. The molecule has 0 radical (unpaired) electrons. The van der Waals surface area contributed by atoms with Crippen molar-refractivity contribution in [2.75, 3.05) is 0 Å². The molecule has 0 amide bonds. The number of hydrogen-bond donors (Lipinski definition) is 0. The SMILES string of the molecule is CCc1ccc(COc2cnc3c(c2)N=C(c2ccn(C)c2)C3)cc1. The predicted octanol–water partition coefficient (Wildman–Crippen LogP) is 4.24. The van der Waals surface area contributed by atoms with E-state index in [9.17, 15) is 0 Å². The highest BCUT2D eigenvalue weighted by molar-refractivity contribution is 6.06. The van der Waals surface area contributed by atoms with Crippen LogP contribution in [-0.2, 0) is 26.5 Å². The number of fused-ring (bicyclic) bond motifs is 1. The Bertz CT molecular complexity index is 923. The summed E-state index contributed by atoms with van der Waals surface area (Å²) in [7, 11) is 2.02. The first-order valence-corrected chi connectivity index (χ1v) is 8.60. The summed E-state index contributed by atoms with van der Waals surface area (Å²) in [5.74, 6) is 0.761. The first-order valence-electron chi connectivity index (χ1n) is 8.60. The Balaban J connectivity index is 1.47. The minimum absolute atomic E-state index is 0.541. The zero-order chi connectivity index (χ0) is 17.2. The molecule has 126 valence electrons. The maximum absolute atomic E-state index is 5.90. The second-order valence-corrected chi connectivity index (χ2v) is 6.40. The van der Waals surface area contributed by atoms with Crippen LogP contribution in [0.15, 0.2) is 60.0 Å². The Labute approximate surface area is 147 Å². The lowest BCUT2D eigenvalue weighted by atomic mass is 10.1. The summed E-state index contributed by atoms with van der Waals surface area (Å²) in [6.45, 7) is 2.70. The molecule has 4 nitrogen and oxygen atoms in total. The van der Waals surface area contributed by atoms with Crippen LogP contribution in [0.25, 0.3) is 0 Å². The van der Waals surface area contributed by atoms with Crippen molar-refractivity contribution in [3.8, 4) is 5.75 Å². The molecule has 0 atom stereocenters. The van der Waals surface area contributed by atoms with Crippen LogP contribution in [-0.4, -0.2) is 15.3 Å². The van der Waals surface area contributed by atoms with E-state index in [0.717, 1.165) is 46.8 Å². The molecule has 0 spiro atoms. The maximum Gasteiger partial charge on any atom is 0.140 e. The van der Waals surface area contributed by atoms with Gasteiger partial charge in [-0.05, 0) is 23.6 Å². The van der Waals surface area contributed by atoms with Gasteiger partial charge in [0.1, 0.15) is 12.4 Å². The van der Waals surface area contributed by atoms with E-state index in [4.69, 9.17) is 9.73 Å². The van der Waals surface area contributed by atoms with Gasteiger partial charge in [-0.25, -0.2) is 0 Å². The molecule has 4 heteroatoms. The van der Waals surface area contributed by atoms with Crippen LogP contribution in [0.2, 0.25) is 0 Å². The number of rotatable bonds is 5. The molecule has 3 aromatic rings. The Morgan fingerprint density at radius 1 is 1.12 bits per heavy atom. The minimum atomic E-state index is 0.541. The molecule has 0 N–H and O–H groups in total. The number of aromatic nitrogens is 2. The Morgan fingerprint density at radius 2 is 1.92 bits per heavy atom. The molecule has 1 aromatic carbocycles. The molecule has 4 rings (SSSR count). The lowest BCUT2D eigenvalue weighted by molar-refractivity contribution is 0.305. The summed E-state index contributed by atoms with van der Waals surface area (Å²) in [5, 5.41) is 0. The third-order valence-corrected chi connectivity index (χ3v) is 4.51. The summed E-state index contributed by atoms with van der Waals surface area (Å²) in [4.78, 5) is 9.27. The molecule has 0 unspecified atom stereocenters. The zero-order valence-corrected chi connectivity index (χ0v) is 14.6.